The van der Waals surface area contributed by atoms with E-state index in [2.05, 4.69) is 55.6 Å². The average Bonchev–Trinajstić information content (AvgIpc) is 3.50. The monoisotopic (exact) mass is 398 g/mol. The Hall–Kier alpha value is -3.13. The maximum absolute atomic E-state index is 12.3. The fraction of sp³-hybridized carbons (Fsp3) is 0.400. The predicted molar refractivity (Wildman–Crippen MR) is 118 cm³/mol. The van der Waals surface area contributed by atoms with E-state index in [0.717, 1.165) is 33.6 Å². The number of hydrogen-bond donors (Lipinski definition) is 1. The third-order valence-electron chi connectivity index (χ3n) is 6.28. The number of para-hydroxylation sites is 1. The van der Waals surface area contributed by atoms with Gasteiger partial charge < -0.3 is 5.32 Å². The molecule has 30 heavy (non-hydrogen) atoms. The Morgan fingerprint density at radius 1 is 1.30 bits per heavy atom. The SMILES string of the molecule is C[C@@H]1CC(=O)Cc2cccc(-c3ccc4c(c3)c(C3CC3)nn4[C@H](C)CC#N)c2N1. The minimum atomic E-state index is 0.0531. The quantitative estimate of drug-likeness (QED) is 0.641. The lowest BCUT2D eigenvalue weighted by atomic mass is 9.96. The normalized spacial score (nSPS) is 19.6. The lowest BCUT2D eigenvalue weighted by Gasteiger charge is -2.17. The summed E-state index contributed by atoms with van der Waals surface area (Å²) in [5.74, 6) is 0.812. The molecule has 0 unspecified atom stereocenters. The summed E-state index contributed by atoms with van der Waals surface area (Å²) in [7, 11) is 0. The van der Waals surface area contributed by atoms with E-state index in [1.165, 1.54) is 18.2 Å². The largest absolute Gasteiger partial charge is 0.381 e. The van der Waals surface area contributed by atoms with Crippen LogP contribution in [-0.2, 0) is 11.2 Å². The number of nitrogens with zero attached hydrogens (tertiary/aromatic N) is 3. The molecule has 1 aromatic heterocycles. The van der Waals surface area contributed by atoms with Gasteiger partial charge in [0.1, 0.15) is 5.78 Å². The zero-order valence-electron chi connectivity index (χ0n) is 17.5. The molecule has 1 aliphatic carbocycles. The summed E-state index contributed by atoms with van der Waals surface area (Å²) in [5, 5.41) is 18.8. The molecule has 0 saturated heterocycles. The van der Waals surface area contributed by atoms with E-state index in [4.69, 9.17) is 10.4 Å². The maximum atomic E-state index is 12.3. The van der Waals surface area contributed by atoms with Crippen LogP contribution < -0.4 is 5.32 Å². The molecule has 2 aromatic carbocycles. The van der Waals surface area contributed by atoms with Gasteiger partial charge in [0, 0.05) is 41.4 Å². The van der Waals surface area contributed by atoms with Gasteiger partial charge in [0.15, 0.2) is 0 Å². The van der Waals surface area contributed by atoms with Gasteiger partial charge in [-0.3, -0.25) is 9.48 Å². The zero-order chi connectivity index (χ0) is 20.8. The van der Waals surface area contributed by atoms with E-state index in [-0.39, 0.29) is 17.9 Å². The molecule has 0 bridgehead atoms. The Morgan fingerprint density at radius 2 is 2.13 bits per heavy atom. The van der Waals surface area contributed by atoms with Crippen LogP contribution in [0.4, 0.5) is 5.69 Å². The fourth-order valence-electron chi connectivity index (χ4n) is 4.63. The van der Waals surface area contributed by atoms with E-state index in [1.807, 2.05) is 10.7 Å². The van der Waals surface area contributed by atoms with Gasteiger partial charge in [-0.1, -0.05) is 24.3 Å². The molecule has 2 heterocycles. The van der Waals surface area contributed by atoms with Crippen molar-refractivity contribution in [2.75, 3.05) is 5.32 Å². The number of benzene rings is 2. The van der Waals surface area contributed by atoms with Crippen LogP contribution in [0.3, 0.4) is 0 Å². The summed E-state index contributed by atoms with van der Waals surface area (Å²) >= 11 is 0. The Balaban J connectivity index is 1.65. The summed E-state index contributed by atoms with van der Waals surface area (Å²) in [6.07, 6.45) is 3.86. The first-order valence-electron chi connectivity index (χ1n) is 10.8. The highest BCUT2D eigenvalue weighted by molar-refractivity contribution is 5.93. The van der Waals surface area contributed by atoms with Gasteiger partial charge in [0.25, 0.3) is 0 Å². The topological polar surface area (TPSA) is 70.7 Å². The van der Waals surface area contributed by atoms with Crippen LogP contribution in [0.2, 0.25) is 0 Å². The Labute approximate surface area is 176 Å². The minimum Gasteiger partial charge on any atom is -0.381 e. The summed E-state index contributed by atoms with van der Waals surface area (Å²) in [5.41, 5.74) is 6.69. The first-order chi connectivity index (χ1) is 14.5. The van der Waals surface area contributed by atoms with Gasteiger partial charge in [-0.15, -0.1) is 0 Å². The second-order valence-electron chi connectivity index (χ2n) is 8.85. The number of nitriles is 1. The smallest absolute Gasteiger partial charge is 0.139 e. The van der Waals surface area contributed by atoms with E-state index >= 15 is 0 Å². The number of ketones is 1. The average molecular weight is 399 g/mol. The van der Waals surface area contributed by atoms with Gasteiger partial charge in [0.2, 0.25) is 0 Å². The highest BCUT2D eigenvalue weighted by Crippen LogP contribution is 2.44. The second kappa shape index (κ2) is 7.28. The van der Waals surface area contributed by atoms with Crippen LogP contribution in [-0.4, -0.2) is 21.6 Å². The Morgan fingerprint density at radius 3 is 2.90 bits per heavy atom. The zero-order valence-corrected chi connectivity index (χ0v) is 17.5. The van der Waals surface area contributed by atoms with Gasteiger partial charge in [-0.25, -0.2) is 0 Å². The van der Waals surface area contributed by atoms with Crippen molar-refractivity contribution in [2.24, 2.45) is 0 Å². The van der Waals surface area contributed by atoms with Gasteiger partial charge in [0.05, 0.1) is 29.7 Å². The number of anilines is 1. The van der Waals surface area contributed by atoms with Crippen LogP contribution in [0.5, 0.6) is 0 Å². The van der Waals surface area contributed by atoms with Gasteiger partial charge in [-0.2, -0.15) is 10.4 Å². The molecule has 0 amide bonds. The van der Waals surface area contributed by atoms with E-state index < -0.39 is 0 Å². The molecule has 1 fully saturated rings. The van der Waals surface area contributed by atoms with Crippen molar-refractivity contribution in [3.05, 3.63) is 47.7 Å². The predicted octanol–water partition coefficient (Wildman–Crippen LogP) is 5.37. The van der Waals surface area contributed by atoms with Crippen molar-refractivity contribution in [1.82, 2.24) is 9.78 Å². The molecule has 152 valence electrons. The number of nitrogens with one attached hydrogen (secondary N) is 1. The minimum absolute atomic E-state index is 0.0531. The van der Waals surface area contributed by atoms with Crippen LogP contribution in [0.25, 0.3) is 22.0 Å². The molecular formula is C25H26N4O. The number of fused-ring (bicyclic) bond motifs is 2. The second-order valence-corrected chi connectivity index (χ2v) is 8.85. The number of aromatic nitrogens is 2. The number of hydrogen-bond acceptors (Lipinski definition) is 4. The highest BCUT2D eigenvalue weighted by atomic mass is 16.1. The van der Waals surface area contributed by atoms with Crippen molar-refractivity contribution in [3.63, 3.8) is 0 Å². The molecule has 5 nitrogen and oxygen atoms in total. The highest BCUT2D eigenvalue weighted by Gasteiger charge is 2.30. The van der Waals surface area contributed by atoms with E-state index in [9.17, 15) is 4.79 Å². The van der Waals surface area contributed by atoms with Gasteiger partial charge >= 0.3 is 0 Å². The lowest BCUT2D eigenvalue weighted by Crippen LogP contribution is -2.17. The van der Waals surface area contributed by atoms with Crippen molar-refractivity contribution in [2.45, 2.75) is 64.0 Å². The van der Waals surface area contributed by atoms with Crippen LogP contribution >= 0.6 is 0 Å². The van der Waals surface area contributed by atoms with Gasteiger partial charge in [-0.05, 0) is 49.9 Å². The van der Waals surface area contributed by atoms with Crippen LogP contribution in [0, 0.1) is 11.3 Å². The van der Waals surface area contributed by atoms with Crippen molar-refractivity contribution in [1.29, 1.82) is 5.26 Å². The van der Waals surface area contributed by atoms with Crippen LogP contribution in [0.15, 0.2) is 36.4 Å². The molecule has 1 saturated carbocycles. The van der Waals surface area contributed by atoms with Crippen molar-refractivity contribution in [3.8, 4) is 17.2 Å². The molecule has 1 N–H and O–H groups in total. The van der Waals surface area contributed by atoms with Crippen molar-refractivity contribution < 1.29 is 4.79 Å². The molecule has 0 spiro atoms. The first-order valence-corrected chi connectivity index (χ1v) is 10.8. The molecule has 2 atom stereocenters. The van der Waals surface area contributed by atoms with E-state index in [1.54, 1.807) is 0 Å². The summed E-state index contributed by atoms with van der Waals surface area (Å²) in [6, 6.07) is 15.2. The standard InChI is InChI=1S/C25H26N4O/c1-15-12-20(30)13-19-4-3-5-21(24(19)27-15)18-8-9-23-22(14-18)25(17-6-7-17)28-29(23)16(2)10-11-26/h3-5,8-9,14-17,27H,6-7,10,12-13H2,1-2H3/t15-,16-/m1/s1. The van der Waals surface area contributed by atoms with Crippen molar-refractivity contribution >= 4 is 22.4 Å². The Bertz CT molecular complexity index is 1180. The molecule has 5 heteroatoms. The molecule has 2 aliphatic rings. The third-order valence-corrected chi connectivity index (χ3v) is 6.28. The summed E-state index contributed by atoms with van der Waals surface area (Å²) in [6.45, 7) is 4.12. The number of Topliss-reactive ketones (excluding diaryl/α,β-unsaturated/α-hetero) is 1. The molecule has 1 aliphatic heterocycles. The summed E-state index contributed by atoms with van der Waals surface area (Å²) < 4.78 is 2.03. The Kier molecular flexibility index (Phi) is 4.58. The lowest BCUT2D eigenvalue weighted by molar-refractivity contribution is -0.118. The molecular weight excluding hydrogens is 372 g/mol. The van der Waals surface area contributed by atoms with E-state index in [0.29, 0.717) is 25.2 Å². The molecule has 5 rings (SSSR count). The van der Waals surface area contributed by atoms with Crippen LogP contribution in [0.1, 0.15) is 62.7 Å². The maximum Gasteiger partial charge on any atom is 0.139 e. The summed E-state index contributed by atoms with van der Waals surface area (Å²) in [4.78, 5) is 12.3. The first kappa shape index (κ1) is 18.9. The third kappa shape index (κ3) is 3.27. The number of rotatable bonds is 4. The molecule has 3 aromatic rings. The number of carbonyl (C=O) groups is 1. The molecule has 0 radical (unpaired) electrons. The number of carbonyl (C=O) groups excluding carboxylic acids is 1. The fourth-order valence-corrected chi connectivity index (χ4v) is 4.63.